The highest BCUT2D eigenvalue weighted by Crippen LogP contribution is 2.21. The summed E-state index contributed by atoms with van der Waals surface area (Å²) in [6.07, 6.45) is 7.52. The number of nitrogens with one attached hydrogen (secondary N) is 1. The number of rotatable bonds is 3. The van der Waals surface area contributed by atoms with E-state index >= 15 is 0 Å². The Morgan fingerprint density at radius 3 is 2.81 bits per heavy atom. The van der Waals surface area contributed by atoms with Gasteiger partial charge in [-0.15, -0.1) is 11.3 Å². The zero-order chi connectivity index (χ0) is 14.7. The van der Waals surface area contributed by atoms with Crippen molar-refractivity contribution < 1.29 is 4.79 Å². The van der Waals surface area contributed by atoms with Gasteiger partial charge in [0.25, 0.3) is 5.91 Å². The minimum absolute atomic E-state index is 0.0989. The van der Waals surface area contributed by atoms with Crippen LogP contribution >= 0.6 is 11.3 Å². The predicted octanol–water partition coefficient (Wildman–Crippen LogP) is 2.97. The summed E-state index contributed by atoms with van der Waals surface area (Å²) in [5.74, 6) is 0.476. The summed E-state index contributed by atoms with van der Waals surface area (Å²) in [5, 5.41) is 3.09. The molecule has 1 aliphatic carbocycles. The molecular weight excluding hydrogens is 284 g/mol. The maximum Gasteiger partial charge on any atom is 0.270 e. The van der Waals surface area contributed by atoms with E-state index in [1.807, 2.05) is 6.92 Å². The van der Waals surface area contributed by atoms with Crippen molar-refractivity contribution in [3.8, 4) is 10.7 Å². The summed E-state index contributed by atoms with van der Waals surface area (Å²) < 4.78 is 0. The third-order valence-electron chi connectivity index (χ3n) is 3.68. The number of carbonyl (C=O) groups excluding carboxylic acids is 1. The lowest BCUT2D eigenvalue weighted by Crippen LogP contribution is -2.36. The first kappa shape index (κ1) is 14.1. The molecule has 21 heavy (non-hydrogen) atoms. The lowest BCUT2D eigenvalue weighted by atomic mass is 9.95. The Morgan fingerprint density at radius 2 is 2.10 bits per heavy atom. The molecule has 0 bridgehead atoms. The molecule has 1 aliphatic rings. The van der Waals surface area contributed by atoms with Gasteiger partial charge in [-0.05, 0) is 25.8 Å². The Hall–Kier alpha value is -1.82. The van der Waals surface area contributed by atoms with E-state index in [1.54, 1.807) is 17.8 Å². The number of hydrogen-bond acceptors (Lipinski definition) is 5. The molecule has 0 spiro atoms. The van der Waals surface area contributed by atoms with Gasteiger partial charge >= 0.3 is 0 Å². The van der Waals surface area contributed by atoms with Crippen LogP contribution in [0.4, 0.5) is 0 Å². The highest BCUT2D eigenvalue weighted by Gasteiger charge is 2.18. The largest absolute Gasteiger partial charge is 0.348 e. The van der Waals surface area contributed by atoms with Crippen molar-refractivity contribution >= 4 is 17.2 Å². The monoisotopic (exact) mass is 302 g/mol. The van der Waals surface area contributed by atoms with E-state index in [2.05, 4.69) is 20.3 Å². The van der Waals surface area contributed by atoms with Crippen LogP contribution < -0.4 is 5.32 Å². The molecule has 1 amide bonds. The van der Waals surface area contributed by atoms with E-state index in [9.17, 15) is 4.79 Å². The van der Waals surface area contributed by atoms with Crippen LogP contribution in [0.2, 0.25) is 0 Å². The SMILES string of the molecule is Cc1cc(C(=O)NC2CCCCC2)nc(-c2cncs2)n1. The van der Waals surface area contributed by atoms with Gasteiger partial charge in [-0.2, -0.15) is 0 Å². The molecule has 2 aromatic heterocycles. The van der Waals surface area contributed by atoms with Crippen molar-refractivity contribution in [1.82, 2.24) is 20.3 Å². The predicted molar refractivity (Wildman–Crippen MR) is 82.2 cm³/mol. The zero-order valence-corrected chi connectivity index (χ0v) is 12.8. The Balaban J connectivity index is 1.79. The van der Waals surface area contributed by atoms with E-state index in [0.717, 1.165) is 23.4 Å². The maximum atomic E-state index is 12.4. The minimum Gasteiger partial charge on any atom is -0.348 e. The first-order valence-corrected chi connectivity index (χ1v) is 8.16. The number of thiazole rings is 1. The molecule has 0 atom stereocenters. The third kappa shape index (κ3) is 3.44. The van der Waals surface area contributed by atoms with Crippen LogP contribution in [0.3, 0.4) is 0 Å². The molecule has 0 unspecified atom stereocenters. The standard InChI is InChI=1S/C15H18N4OS/c1-10-7-12(15(20)18-11-5-3-2-4-6-11)19-14(17-10)13-8-16-9-21-13/h7-9,11H,2-6H2,1H3,(H,18,20). The lowest BCUT2D eigenvalue weighted by Gasteiger charge is -2.22. The van der Waals surface area contributed by atoms with Crippen molar-refractivity contribution in [3.05, 3.63) is 29.2 Å². The van der Waals surface area contributed by atoms with Crippen LogP contribution in [0.5, 0.6) is 0 Å². The van der Waals surface area contributed by atoms with E-state index < -0.39 is 0 Å². The molecule has 2 heterocycles. The van der Waals surface area contributed by atoms with Crippen LogP contribution in [0.1, 0.15) is 48.3 Å². The first-order valence-electron chi connectivity index (χ1n) is 7.28. The maximum absolute atomic E-state index is 12.4. The fourth-order valence-electron chi connectivity index (χ4n) is 2.63. The molecule has 1 N–H and O–H groups in total. The molecule has 5 nitrogen and oxygen atoms in total. The quantitative estimate of drug-likeness (QED) is 0.946. The van der Waals surface area contributed by atoms with Gasteiger partial charge in [0, 0.05) is 17.9 Å². The fraction of sp³-hybridized carbons (Fsp3) is 0.467. The summed E-state index contributed by atoms with van der Waals surface area (Å²) in [6.45, 7) is 1.88. The molecule has 0 radical (unpaired) electrons. The van der Waals surface area contributed by atoms with E-state index in [1.165, 1.54) is 30.6 Å². The first-order chi connectivity index (χ1) is 10.2. The molecular formula is C15H18N4OS. The van der Waals surface area contributed by atoms with Crippen LogP contribution in [0.15, 0.2) is 17.8 Å². The molecule has 0 saturated heterocycles. The topological polar surface area (TPSA) is 67.8 Å². The Bertz CT molecular complexity index is 621. The van der Waals surface area contributed by atoms with Gasteiger partial charge in [0.1, 0.15) is 5.69 Å². The minimum atomic E-state index is -0.0989. The van der Waals surface area contributed by atoms with Crippen LogP contribution in [0.25, 0.3) is 10.7 Å². The summed E-state index contributed by atoms with van der Waals surface area (Å²) in [6, 6.07) is 2.02. The van der Waals surface area contributed by atoms with Crippen molar-refractivity contribution in [2.75, 3.05) is 0 Å². The van der Waals surface area contributed by atoms with Gasteiger partial charge in [0.2, 0.25) is 0 Å². The van der Waals surface area contributed by atoms with Crippen molar-refractivity contribution in [2.45, 2.75) is 45.1 Å². The molecule has 1 saturated carbocycles. The van der Waals surface area contributed by atoms with Gasteiger partial charge in [0.05, 0.1) is 10.4 Å². The van der Waals surface area contributed by atoms with Gasteiger partial charge in [-0.3, -0.25) is 9.78 Å². The summed E-state index contributed by atoms with van der Waals surface area (Å²) in [5.41, 5.74) is 2.97. The summed E-state index contributed by atoms with van der Waals surface area (Å²) in [7, 11) is 0. The second kappa shape index (κ2) is 6.30. The van der Waals surface area contributed by atoms with E-state index in [-0.39, 0.29) is 11.9 Å². The fourth-order valence-corrected chi connectivity index (χ4v) is 3.18. The number of aromatic nitrogens is 3. The van der Waals surface area contributed by atoms with Gasteiger partial charge in [0.15, 0.2) is 5.82 Å². The van der Waals surface area contributed by atoms with E-state index in [0.29, 0.717) is 11.5 Å². The molecule has 110 valence electrons. The zero-order valence-electron chi connectivity index (χ0n) is 12.0. The van der Waals surface area contributed by atoms with Crippen LogP contribution in [0, 0.1) is 6.92 Å². The summed E-state index contributed by atoms with van der Waals surface area (Å²) >= 11 is 1.47. The van der Waals surface area contributed by atoms with Crippen LogP contribution in [-0.2, 0) is 0 Å². The Morgan fingerprint density at radius 1 is 1.29 bits per heavy atom. The number of nitrogens with zero attached hydrogens (tertiary/aromatic N) is 3. The normalized spacial score (nSPS) is 15.9. The van der Waals surface area contributed by atoms with Crippen molar-refractivity contribution in [2.24, 2.45) is 0 Å². The van der Waals surface area contributed by atoms with Gasteiger partial charge in [-0.1, -0.05) is 19.3 Å². The number of carbonyl (C=O) groups is 1. The molecule has 2 aromatic rings. The second-order valence-corrected chi connectivity index (χ2v) is 6.28. The molecule has 0 aromatic carbocycles. The van der Waals surface area contributed by atoms with Gasteiger partial charge < -0.3 is 5.32 Å². The number of aryl methyl sites for hydroxylation is 1. The van der Waals surface area contributed by atoms with E-state index in [4.69, 9.17) is 0 Å². The number of amides is 1. The second-order valence-electron chi connectivity index (χ2n) is 5.39. The average Bonchev–Trinajstić information content (AvgIpc) is 3.02. The molecule has 6 heteroatoms. The van der Waals surface area contributed by atoms with Crippen LogP contribution in [-0.4, -0.2) is 26.9 Å². The van der Waals surface area contributed by atoms with Crippen molar-refractivity contribution in [1.29, 1.82) is 0 Å². The summed E-state index contributed by atoms with van der Waals surface area (Å²) in [4.78, 5) is 26.1. The Labute approximate surface area is 127 Å². The Kier molecular flexibility index (Phi) is 4.24. The highest BCUT2D eigenvalue weighted by molar-refractivity contribution is 7.13. The lowest BCUT2D eigenvalue weighted by molar-refractivity contribution is 0.0922. The number of hydrogen-bond donors (Lipinski definition) is 1. The third-order valence-corrected chi connectivity index (χ3v) is 4.45. The van der Waals surface area contributed by atoms with Crippen molar-refractivity contribution in [3.63, 3.8) is 0 Å². The van der Waals surface area contributed by atoms with Gasteiger partial charge in [-0.25, -0.2) is 9.97 Å². The molecule has 3 rings (SSSR count). The molecule has 1 fully saturated rings. The average molecular weight is 302 g/mol. The smallest absolute Gasteiger partial charge is 0.270 e. The molecule has 0 aliphatic heterocycles. The highest BCUT2D eigenvalue weighted by atomic mass is 32.1.